The summed E-state index contributed by atoms with van der Waals surface area (Å²) in [6.45, 7) is 8.11. The number of aromatic amines is 1. The summed E-state index contributed by atoms with van der Waals surface area (Å²) in [6, 6.07) is 14.3. The van der Waals surface area contributed by atoms with Gasteiger partial charge in [0.2, 0.25) is 0 Å². The summed E-state index contributed by atoms with van der Waals surface area (Å²) >= 11 is 0. The third kappa shape index (κ3) is 8.72. The Labute approximate surface area is 206 Å². The average molecular weight is 483 g/mol. The van der Waals surface area contributed by atoms with Crippen LogP contribution in [0.1, 0.15) is 48.8 Å². The van der Waals surface area contributed by atoms with Gasteiger partial charge in [0.1, 0.15) is 17.1 Å². The fourth-order valence-corrected chi connectivity index (χ4v) is 3.66. The van der Waals surface area contributed by atoms with Crippen molar-refractivity contribution in [3.8, 4) is 0 Å². The van der Waals surface area contributed by atoms with E-state index in [-0.39, 0.29) is 11.7 Å². The maximum atomic E-state index is 13.3. The van der Waals surface area contributed by atoms with Gasteiger partial charge in [-0.1, -0.05) is 24.3 Å². The number of alkyl carbamates (subject to hydrolysis) is 1. The molecule has 1 aromatic heterocycles. The number of aromatic nitrogens is 1. The van der Waals surface area contributed by atoms with Gasteiger partial charge in [0.15, 0.2) is 0 Å². The van der Waals surface area contributed by atoms with Crippen LogP contribution in [0.25, 0.3) is 10.9 Å². The van der Waals surface area contributed by atoms with E-state index in [4.69, 9.17) is 4.74 Å². The first kappa shape index (κ1) is 26.2. The van der Waals surface area contributed by atoms with E-state index in [2.05, 4.69) is 32.7 Å². The van der Waals surface area contributed by atoms with Gasteiger partial charge in [0.25, 0.3) is 5.91 Å². The fraction of sp³-hybridized carbons (Fsp3) is 0.407. The minimum absolute atomic E-state index is 0.198. The van der Waals surface area contributed by atoms with E-state index in [0.29, 0.717) is 24.2 Å². The fourth-order valence-electron chi connectivity index (χ4n) is 3.66. The van der Waals surface area contributed by atoms with Crippen molar-refractivity contribution in [1.29, 1.82) is 0 Å². The Morgan fingerprint density at radius 3 is 2.43 bits per heavy atom. The zero-order valence-electron chi connectivity index (χ0n) is 20.9. The molecule has 0 saturated carbocycles. The molecule has 0 spiro atoms. The Hall–Kier alpha value is -3.39. The smallest absolute Gasteiger partial charge is 0.407 e. The quantitative estimate of drug-likeness (QED) is 0.393. The van der Waals surface area contributed by atoms with E-state index >= 15 is 0 Å². The number of hydrogen-bond donors (Lipinski definition) is 3. The second kappa shape index (κ2) is 11.8. The monoisotopic (exact) mass is 482 g/mol. The van der Waals surface area contributed by atoms with Gasteiger partial charge in [0, 0.05) is 30.5 Å². The molecule has 0 aliphatic rings. The largest absolute Gasteiger partial charge is 0.444 e. The van der Waals surface area contributed by atoms with Gasteiger partial charge in [0.05, 0.1) is 0 Å². The topological polar surface area (TPSA) is 86.5 Å². The Morgan fingerprint density at radius 2 is 1.71 bits per heavy atom. The molecular formula is C27H35FN4O3. The van der Waals surface area contributed by atoms with Crippen molar-refractivity contribution >= 4 is 22.9 Å². The van der Waals surface area contributed by atoms with Crippen LogP contribution in [0.3, 0.4) is 0 Å². The normalized spacial score (nSPS) is 11.6. The van der Waals surface area contributed by atoms with Gasteiger partial charge in [-0.05, 0) is 82.6 Å². The number of carbonyl (C=O) groups is 2. The summed E-state index contributed by atoms with van der Waals surface area (Å²) in [5.41, 5.74) is 2.92. The lowest BCUT2D eigenvalue weighted by atomic mass is 10.1. The zero-order chi connectivity index (χ0) is 25.4. The van der Waals surface area contributed by atoms with Crippen molar-refractivity contribution in [3.05, 3.63) is 71.2 Å². The number of halogens is 1. The van der Waals surface area contributed by atoms with Gasteiger partial charge in [-0.2, -0.15) is 0 Å². The molecule has 2 aromatic carbocycles. The van der Waals surface area contributed by atoms with Crippen LogP contribution < -0.4 is 10.6 Å². The molecule has 0 fully saturated rings. The van der Waals surface area contributed by atoms with Crippen molar-refractivity contribution in [2.45, 2.75) is 45.8 Å². The molecule has 8 heteroatoms. The van der Waals surface area contributed by atoms with Gasteiger partial charge in [-0.15, -0.1) is 0 Å². The summed E-state index contributed by atoms with van der Waals surface area (Å²) < 4.78 is 18.6. The molecule has 0 aliphatic heterocycles. The maximum Gasteiger partial charge on any atom is 0.407 e. The number of hydrogen-bond acceptors (Lipinski definition) is 4. The molecule has 2 amide bonds. The second-order valence-electron chi connectivity index (χ2n) is 9.75. The number of nitrogens with one attached hydrogen (secondary N) is 3. The number of fused-ring (bicyclic) bond motifs is 1. The van der Waals surface area contributed by atoms with Crippen LogP contribution in [0.4, 0.5) is 9.18 Å². The standard InChI is InChI=1S/C27H35FN4O3/c1-27(2,3)35-26(34)30-18-20-9-7-19(8-10-20)6-5-14-32(4)15-13-29-25(33)24-17-21-16-22(28)11-12-23(21)31-24/h7-12,16-17,31H,5-6,13-15,18H2,1-4H3,(H,29,33)(H,30,34). The first-order valence-corrected chi connectivity index (χ1v) is 11.9. The Balaban J connectivity index is 1.32. The van der Waals surface area contributed by atoms with Gasteiger partial charge in [-0.25, -0.2) is 9.18 Å². The van der Waals surface area contributed by atoms with Crippen LogP contribution in [0, 0.1) is 5.82 Å². The minimum Gasteiger partial charge on any atom is -0.444 e. The average Bonchev–Trinajstić information content (AvgIpc) is 3.21. The summed E-state index contributed by atoms with van der Waals surface area (Å²) in [6.07, 6.45) is 1.52. The molecule has 0 unspecified atom stereocenters. The predicted octanol–water partition coefficient (Wildman–Crippen LogP) is 4.63. The van der Waals surface area contributed by atoms with E-state index in [9.17, 15) is 14.0 Å². The minimum atomic E-state index is -0.508. The molecule has 3 N–H and O–H groups in total. The molecule has 7 nitrogen and oxygen atoms in total. The number of ether oxygens (including phenoxy) is 1. The van der Waals surface area contributed by atoms with E-state index < -0.39 is 11.7 Å². The highest BCUT2D eigenvalue weighted by molar-refractivity contribution is 5.98. The van der Waals surface area contributed by atoms with Gasteiger partial charge < -0.3 is 25.3 Å². The molecular weight excluding hydrogens is 447 g/mol. The summed E-state index contributed by atoms with van der Waals surface area (Å²) in [5, 5.41) is 6.35. The molecule has 35 heavy (non-hydrogen) atoms. The number of H-pyrrole nitrogens is 1. The van der Waals surface area contributed by atoms with Crippen molar-refractivity contribution in [2.75, 3.05) is 26.7 Å². The van der Waals surface area contributed by atoms with Crippen molar-refractivity contribution in [2.24, 2.45) is 0 Å². The number of carbonyl (C=O) groups excluding carboxylic acids is 2. The first-order chi connectivity index (χ1) is 16.6. The summed E-state index contributed by atoms with van der Waals surface area (Å²) in [7, 11) is 2.03. The van der Waals surface area contributed by atoms with E-state index in [1.165, 1.54) is 17.7 Å². The van der Waals surface area contributed by atoms with E-state index in [1.54, 1.807) is 12.1 Å². The molecule has 3 rings (SSSR count). The number of likely N-dealkylation sites (N-methyl/N-ethyl adjacent to an activating group) is 1. The lowest BCUT2D eigenvalue weighted by molar-refractivity contribution is 0.0523. The lowest BCUT2D eigenvalue weighted by Crippen LogP contribution is -2.33. The number of rotatable bonds is 10. The van der Waals surface area contributed by atoms with Crippen molar-refractivity contribution in [3.63, 3.8) is 0 Å². The highest BCUT2D eigenvalue weighted by Gasteiger charge is 2.15. The van der Waals surface area contributed by atoms with Crippen LogP contribution >= 0.6 is 0 Å². The Bertz CT molecular complexity index is 1140. The van der Waals surface area contributed by atoms with Crippen LogP contribution in [0.2, 0.25) is 0 Å². The third-order valence-corrected chi connectivity index (χ3v) is 5.47. The third-order valence-electron chi connectivity index (χ3n) is 5.47. The Kier molecular flexibility index (Phi) is 8.87. The van der Waals surface area contributed by atoms with E-state index in [1.807, 2.05) is 40.0 Å². The highest BCUT2D eigenvalue weighted by atomic mass is 19.1. The summed E-state index contributed by atoms with van der Waals surface area (Å²) in [4.78, 5) is 29.3. The predicted molar refractivity (Wildman–Crippen MR) is 136 cm³/mol. The highest BCUT2D eigenvalue weighted by Crippen LogP contribution is 2.16. The van der Waals surface area contributed by atoms with Crippen LogP contribution in [0.5, 0.6) is 0 Å². The first-order valence-electron chi connectivity index (χ1n) is 11.9. The number of benzene rings is 2. The van der Waals surface area contributed by atoms with E-state index in [0.717, 1.165) is 37.0 Å². The molecule has 1 heterocycles. The maximum absolute atomic E-state index is 13.3. The molecule has 0 aliphatic carbocycles. The second-order valence-corrected chi connectivity index (χ2v) is 9.75. The molecule has 188 valence electrons. The van der Waals surface area contributed by atoms with Gasteiger partial charge >= 0.3 is 6.09 Å². The van der Waals surface area contributed by atoms with Crippen LogP contribution in [-0.2, 0) is 17.7 Å². The number of nitrogens with zero attached hydrogens (tertiary/aromatic N) is 1. The molecule has 0 bridgehead atoms. The molecule has 0 atom stereocenters. The number of aryl methyl sites for hydroxylation is 1. The van der Waals surface area contributed by atoms with Gasteiger partial charge in [-0.3, -0.25) is 4.79 Å². The van der Waals surface area contributed by atoms with Crippen molar-refractivity contribution < 1.29 is 18.7 Å². The van der Waals surface area contributed by atoms with Crippen molar-refractivity contribution in [1.82, 2.24) is 20.5 Å². The Morgan fingerprint density at radius 1 is 1.00 bits per heavy atom. The molecule has 0 saturated heterocycles. The van der Waals surface area contributed by atoms with Crippen LogP contribution in [-0.4, -0.2) is 54.2 Å². The lowest BCUT2D eigenvalue weighted by Gasteiger charge is -2.19. The van der Waals surface area contributed by atoms with Crippen LogP contribution in [0.15, 0.2) is 48.5 Å². The number of amides is 2. The SMILES string of the molecule is CN(CCCc1ccc(CNC(=O)OC(C)(C)C)cc1)CCNC(=O)c1cc2cc(F)ccc2[nH]1. The zero-order valence-corrected chi connectivity index (χ0v) is 20.9. The molecule has 3 aromatic rings. The molecule has 0 radical (unpaired) electrons. The summed E-state index contributed by atoms with van der Waals surface area (Å²) in [5.74, 6) is -0.521.